The number of hydrogen-bond acceptors (Lipinski definition) is 5. The first-order valence-electron chi connectivity index (χ1n) is 6.07. The Labute approximate surface area is 106 Å². The van der Waals surface area contributed by atoms with E-state index in [0.29, 0.717) is 18.2 Å². The lowest BCUT2D eigenvalue weighted by atomic mass is 9.90. The Balaban J connectivity index is 2.34. The summed E-state index contributed by atoms with van der Waals surface area (Å²) < 4.78 is 0. The van der Waals surface area contributed by atoms with Gasteiger partial charge < -0.3 is 20.9 Å². The molecule has 1 aliphatic rings. The number of nitrogens with zero attached hydrogens (tertiary/aromatic N) is 3. The average Bonchev–Trinajstić information content (AvgIpc) is 2.35. The van der Waals surface area contributed by atoms with Crippen LogP contribution in [-0.4, -0.2) is 40.3 Å². The van der Waals surface area contributed by atoms with Gasteiger partial charge in [0, 0.05) is 24.3 Å². The van der Waals surface area contributed by atoms with Gasteiger partial charge in [-0.15, -0.1) is 0 Å². The number of pyridine rings is 1. The minimum absolute atomic E-state index is 0.0645. The smallest absolute Gasteiger partial charge is 0.172 e. The predicted molar refractivity (Wildman–Crippen MR) is 68.8 cm³/mol. The van der Waals surface area contributed by atoms with E-state index in [9.17, 15) is 5.11 Å². The van der Waals surface area contributed by atoms with E-state index >= 15 is 0 Å². The molecule has 1 aromatic rings. The third kappa shape index (κ3) is 2.38. The molecule has 1 saturated carbocycles. The molecule has 1 aliphatic carbocycles. The van der Waals surface area contributed by atoms with E-state index in [2.05, 4.69) is 15.0 Å². The van der Waals surface area contributed by atoms with Crippen molar-refractivity contribution in [1.82, 2.24) is 4.98 Å². The maximum absolute atomic E-state index is 9.18. The second-order valence-electron chi connectivity index (χ2n) is 4.38. The molecule has 0 unspecified atom stereocenters. The van der Waals surface area contributed by atoms with Crippen LogP contribution in [0.25, 0.3) is 0 Å². The summed E-state index contributed by atoms with van der Waals surface area (Å²) in [5.41, 5.74) is 7.13. The van der Waals surface area contributed by atoms with Crippen LogP contribution in [0.4, 0.5) is 5.69 Å². The molecule has 0 bridgehead atoms. The second kappa shape index (κ2) is 5.68. The summed E-state index contributed by atoms with van der Waals surface area (Å²) in [5, 5.41) is 21.0. The van der Waals surface area contributed by atoms with Crippen molar-refractivity contribution in [3.05, 3.63) is 24.0 Å². The SMILES string of the molecule is N/C(=N/O)c1ccncc1N(CCO)C1CCC1. The van der Waals surface area contributed by atoms with E-state index in [-0.39, 0.29) is 12.4 Å². The van der Waals surface area contributed by atoms with Gasteiger partial charge in [0.2, 0.25) is 0 Å². The Morgan fingerprint density at radius 2 is 2.33 bits per heavy atom. The summed E-state index contributed by atoms with van der Waals surface area (Å²) in [6.45, 7) is 0.600. The number of oxime groups is 1. The number of anilines is 1. The maximum Gasteiger partial charge on any atom is 0.172 e. The first kappa shape index (κ1) is 12.6. The standard InChI is InChI=1S/C12H18N4O2/c13-12(15-18)10-4-5-14-8-11(10)16(6-7-17)9-2-1-3-9/h4-5,8-9,17-18H,1-3,6-7H2,(H2,13,15). The first-order chi connectivity index (χ1) is 8.77. The molecule has 1 heterocycles. The summed E-state index contributed by atoms with van der Waals surface area (Å²) in [5.74, 6) is 0.0645. The number of nitrogens with two attached hydrogens (primary N) is 1. The monoisotopic (exact) mass is 250 g/mol. The van der Waals surface area contributed by atoms with Gasteiger partial charge in [0.1, 0.15) is 0 Å². The molecular weight excluding hydrogens is 232 g/mol. The summed E-state index contributed by atoms with van der Waals surface area (Å²) in [6.07, 6.45) is 6.71. The predicted octanol–water partition coefficient (Wildman–Crippen LogP) is 0.527. The van der Waals surface area contributed by atoms with Crippen molar-refractivity contribution < 1.29 is 10.3 Å². The lowest BCUT2D eigenvalue weighted by Gasteiger charge is -2.39. The quantitative estimate of drug-likeness (QED) is 0.306. The Kier molecular flexibility index (Phi) is 3.99. The topological polar surface area (TPSA) is 95.0 Å². The van der Waals surface area contributed by atoms with Gasteiger partial charge in [0.15, 0.2) is 5.84 Å². The number of hydrogen-bond donors (Lipinski definition) is 3. The molecule has 1 aromatic heterocycles. The van der Waals surface area contributed by atoms with Gasteiger partial charge in [0.25, 0.3) is 0 Å². The van der Waals surface area contributed by atoms with E-state index in [4.69, 9.17) is 10.9 Å². The molecule has 18 heavy (non-hydrogen) atoms. The van der Waals surface area contributed by atoms with Crippen LogP contribution in [0, 0.1) is 0 Å². The number of amidine groups is 1. The molecule has 0 amide bonds. The molecule has 0 aromatic carbocycles. The molecule has 0 atom stereocenters. The Morgan fingerprint density at radius 3 is 2.89 bits per heavy atom. The summed E-state index contributed by atoms with van der Waals surface area (Å²) in [6, 6.07) is 2.12. The molecule has 6 heteroatoms. The molecule has 6 nitrogen and oxygen atoms in total. The van der Waals surface area contributed by atoms with Gasteiger partial charge in [-0.3, -0.25) is 4.98 Å². The molecular formula is C12H18N4O2. The van der Waals surface area contributed by atoms with Crippen molar-refractivity contribution in [1.29, 1.82) is 0 Å². The first-order valence-corrected chi connectivity index (χ1v) is 6.07. The van der Waals surface area contributed by atoms with E-state index < -0.39 is 0 Å². The van der Waals surface area contributed by atoms with Crippen LogP contribution in [0.1, 0.15) is 24.8 Å². The molecule has 1 fully saturated rings. The summed E-state index contributed by atoms with van der Waals surface area (Å²) >= 11 is 0. The van der Waals surface area contributed by atoms with Crippen LogP contribution in [0.2, 0.25) is 0 Å². The van der Waals surface area contributed by atoms with E-state index in [1.54, 1.807) is 18.5 Å². The Morgan fingerprint density at radius 1 is 1.56 bits per heavy atom. The van der Waals surface area contributed by atoms with Gasteiger partial charge in [-0.2, -0.15) is 0 Å². The van der Waals surface area contributed by atoms with Gasteiger partial charge in [0.05, 0.1) is 18.5 Å². The summed E-state index contributed by atoms with van der Waals surface area (Å²) in [4.78, 5) is 6.18. The minimum atomic E-state index is 0.0645. The number of rotatable bonds is 5. The van der Waals surface area contributed by atoms with Gasteiger partial charge >= 0.3 is 0 Å². The third-order valence-electron chi connectivity index (χ3n) is 3.35. The van der Waals surface area contributed by atoms with E-state index in [1.165, 1.54) is 6.42 Å². The van der Waals surface area contributed by atoms with Crippen LogP contribution < -0.4 is 10.6 Å². The Hall–Kier alpha value is -1.82. The van der Waals surface area contributed by atoms with Crippen molar-refractivity contribution in [2.24, 2.45) is 10.9 Å². The zero-order valence-corrected chi connectivity index (χ0v) is 10.2. The third-order valence-corrected chi connectivity index (χ3v) is 3.35. The highest BCUT2D eigenvalue weighted by Gasteiger charge is 2.27. The maximum atomic E-state index is 9.18. The summed E-state index contributed by atoms with van der Waals surface area (Å²) in [7, 11) is 0. The second-order valence-corrected chi connectivity index (χ2v) is 4.38. The normalized spacial score (nSPS) is 16.4. The number of aliphatic hydroxyl groups is 1. The minimum Gasteiger partial charge on any atom is -0.409 e. The molecule has 4 N–H and O–H groups in total. The lowest BCUT2D eigenvalue weighted by molar-refractivity contribution is 0.283. The molecule has 98 valence electrons. The molecule has 2 rings (SSSR count). The van der Waals surface area contributed by atoms with Crippen molar-refractivity contribution in [2.75, 3.05) is 18.1 Å². The fourth-order valence-electron chi connectivity index (χ4n) is 2.19. The average molecular weight is 250 g/mol. The largest absolute Gasteiger partial charge is 0.409 e. The van der Waals surface area contributed by atoms with Crippen molar-refractivity contribution in [3.63, 3.8) is 0 Å². The molecule has 0 spiro atoms. The molecule has 0 aliphatic heterocycles. The molecule has 0 radical (unpaired) electrons. The number of aliphatic hydroxyl groups excluding tert-OH is 1. The van der Waals surface area contributed by atoms with E-state index in [1.807, 2.05) is 0 Å². The van der Waals surface area contributed by atoms with E-state index in [0.717, 1.165) is 18.5 Å². The molecule has 0 saturated heterocycles. The van der Waals surface area contributed by atoms with Crippen LogP contribution >= 0.6 is 0 Å². The lowest BCUT2D eigenvalue weighted by Crippen LogP contribution is -2.43. The van der Waals surface area contributed by atoms with Crippen molar-refractivity contribution in [3.8, 4) is 0 Å². The Bertz CT molecular complexity index is 432. The van der Waals surface area contributed by atoms with Gasteiger partial charge in [-0.1, -0.05) is 5.16 Å². The van der Waals surface area contributed by atoms with Gasteiger partial charge in [-0.25, -0.2) is 0 Å². The van der Waals surface area contributed by atoms with Crippen molar-refractivity contribution >= 4 is 11.5 Å². The fraction of sp³-hybridized carbons (Fsp3) is 0.500. The zero-order chi connectivity index (χ0) is 13.0. The van der Waals surface area contributed by atoms with Crippen LogP contribution in [0.5, 0.6) is 0 Å². The van der Waals surface area contributed by atoms with Crippen LogP contribution in [-0.2, 0) is 0 Å². The van der Waals surface area contributed by atoms with Gasteiger partial charge in [-0.05, 0) is 25.3 Å². The highest BCUT2D eigenvalue weighted by atomic mass is 16.4. The van der Waals surface area contributed by atoms with Crippen molar-refractivity contribution in [2.45, 2.75) is 25.3 Å². The fourth-order valence-corrected chi connectivity index (χ4v) is 2.19. The highest BCUT2D eigenvalue weighted by molar-refractivity contribution is 6.02. The number of aromatic nitrogens is 1. The highest BCUT2D eigenvalue weighted by Crippen LogP contribution is 2.30. The zero-order valence-electron chi connectivity index (χ0n) is 10.2. The van der Waals surface area contributed by atoms with Crippen LogP contribution in [0.3, 0.4) is 0 Å². The van der Waals surface area contributed by atoms with Crippen LogP contribution in [0.15, 0.2) is 23.6 Å².